The van der Waals surface area contributed by atoms with Gasteiger partial charge in [0.25, 0.3) is 0 Å². The van der Waals surface area contributed by atoms with Crippen molar-refractivity contribution >= 4 is 28.5 Å². The van der Waals surface area contributed by atoms with Crippen molar-refractivity contribution in [1.82, 2.24) is 29.9 Å². The number of hydrogen-bond acceptors (Lipinski definition) is 5. The molecule has 0 atom stereocenters. The second kappa shape index (κ2) is 6.76. The first-order chi connectivity index (χ1) is 12.6. The molecule has 0 amide bonds. The lowest BCUT2D eigenvalue weighted by Crippen LogP contribution is -2.07. The van der Waals surface area contributed by atoms with E-state index in [1.54, 1.807) is 6.20 Å². The fourth-order valence-electron chi connectivity index (χ4n) is 2.90. The van der Waals surface area contributed by atoms with E-state index in [2.05, 4.69) is 50.5 Å². The number of aromatic nitrogens is 6. The summed E-state index contributed by atoms with van der Waals surface area (Å²) in [4.78, 5) is 8.67. The van der Waals surface area contributed by atoms with Crippen molar-refractivity contribution in [3.05, 3.63) is 59.3 Å². The summed E-state index contributed by atoms with van der Waals surface area (Å²) in [5.41, 5.74) is 4.48. The van der Waals surface area contributed by atoms with Crippen molar-refractivity contribution in [3.63, 3.8) is 0 Å². The molecule has 26 heavy (non-hydrogen) atoms. The van der Waals surface area contributed by atoms with Gasteiger partial charge in [-0.3, -0.25) is 5.10 Å². The minimum absolute atomic E-state index is 0.198. The summed E-state index contributed by atoms with van der Waals surface area (Å²) in [6.45, 7) is 4.70. The van der Waals surface area contributed by atoms with Gasteiger partial charge in [-0.05, 0) is 35.2 Å². The molecule has 0 aliphatic rings. The van der Waals surface area contributed by atoms with E-state index in [0.717, 1.165) is 28.0 Å². The van der Waals surface area contributed by atoms with Crippen LogP contribution in [0.2, 0.25) is 5.28 Å². The van der Waals surface area contributed by atoms with Gasteiger partial charge in [0, 0.05) is 18.9 Å². The summed E-state index contributed by atoms with van der Waals surface area (Å²) >= 11 is 6.13. The third kappa shape index (κ3) is 3.01. The number of hydrogen-bond donors (Lipinski definition) is 2. The van der Waals surface area contributed by atoms with Gasteiger partial charge in [-0.25, -0.2) is 9.67 Å². The monoisotopic (exact) mass is 367 g/mol. The highest BCUT2D eigenvalue weighted by Crippen LogP contribution is 2.27. The number of nitrogens with zero attached hydrogens (tertiary/aromatic N) is 5. The smallest absolute Gasteiger partial charge is 0.225 e. The van der Waals surface area contributed by atoms with Crippen LogP contribution in [0.25, 0.3) is 16.7 Å². The minimum Gasteiger partial charge on any atom is -0.364 e. The molecule has 8 heteroatoms. The average Bonchev–Trinajstić information content (AvgIpc) is 3.29. The molecule has 3 heterocycles. The van der Waals surface area contributed by atoms with Crippen molar-refractivity contribution in [2.24, 2.45) is 0 Å². The van der Waals surface area contributed by atoms with Crippen LogP contribution in [-0.4, -0.2) is 29.9 Å². The molecule has 132 valence electrons. The number of para-hydroxylation sites is 1. The fourth-order valence-corrected chi connectivity index (χ4v) is 3.07. The van der Waals surface area contributed by atoms with Crippen LogP contribution in [0.3, 0.4) is 0 Å². The second-order valence-corrected chi connectivity index (χ2v) is 6.60. The lowest BCUT2D eigenvalue weighted by atomic mass is 10.1. The van der Waals surface area contributed by atoms with E-state index in [1.165, 1.54) is 0 Å². The third-order valence-corrected chi connectivity index (χ3v) is 4.32. The van der Waals surface area contributed by atoms with Crippen LogP contribution in [-0.2, 0) is 6.54 Å². The molecule has 0 saturated heterocycles. The zero-order valence-electron chi connectivity index (χ0n) is 14.4. The molecular weight excluding hydrogens is 350 g/mol. The van der Waals surface area contributed by atoms with Crippen LogP contribution < -0.4 is 5.32 Å². The Hall–Kier alpha value is -2.93. The first-order valence-corrected chi connectivity index (χ1v) is 8.74. The van der Waals surface area contributed by atoms with E-state index in [4.69, 9.17) is 11.6 Å². The zero-order chi connectivity index (χ0) is 18.1. The number of anilines is 1. The molecule has 0 radical (unpaired) electrons. The molecular formula is C18H18ClN7. The Labute approximate surface area is 155 Å². The predicted molar refractivity (Wildman–Crippen MR) is 102 cm³/mol. The molecule has 4 rings (SSSR count). The van der Waals surface area contributed by atoms with Crippen molar-refractivity contribution in [2.45, 2.75) is 26.3 Å². The van der Waals surface area contributed by atoms with Gasteiger partial charge >= 0.3 is 0 Å². The van der Waals surface area contributed by atoms with Crippen LogP contribution >= 0.6 is 11.6 Å². The molecule has 2 N–H and O–H groups in total. The normalized spacial score (nSPS) is 11.4. The Kier molecular flexibility index (Phi) is 4.30. The number of halogens is 1. The summed E-state index contributed by atoms with van der Waals surface area (Å²) in [5.74, 6) is 0.873. The van der Waals surface area contributed by atoms with Gasteiger partial charge in [-0.1, -0.05) is 32.0 Å². The summed E-state index contributed by atoms with van der Waals surface area (Å²) in [6, 6.07) is 9.97. The fraction of sp³-hybridized carbons (Fsp3) is 0.222. The Morgan fingerprint density at radius 3 is 2.81 bits per heavy atom. The second-order valence-electron chi connectivity index (χ2n) is 6.26. The van der Waals surface area contributed by atoms with Crippen molar-refractivity contribution in [3.8, 4) is 5.69 Å². The molecule has 0 unspecified atom stereocenters. The maximum Gasteiger partial charge on any atom is 0.225 e. The molecule has 0 spiro atoms. The van der Waals surface area contributed by atoms with Crippen molar-refractivity contribution in [1.29, 1.82) is 0 Å². The van der Waals surface area contributed by atoms with Crippen molar-refractivity contribution < 1.29 is 0 Å². The van der Waals surface area contributed by atoms with Crippen LogP contribution in [0.5, 0.6) is 0 Å². The summed E-state index contributed by atoms with van der Waals surface area (Å²) in [7, 11) is 0. The molecule has 0 bridgehead atoms. The standard InChI is InChI=1S/C18H18ClN7/c1-11(2)14-15-16(25-24-14)17(23-18(19)22-15)20-10-12-6-3-4-7-13(12)26-9-5-8-21-26/h3-9,11H,10H2,1-2H3,(H,24,25)(H,20,22,23). The van der Waals surface area contributed by atoms with E-state index in [1.807, 2.05) is 35.1 Å². The molecule has 7 nitrogen and oxygen atoms in total. The number of H-pyrrole nitrogens is 1. The topological polar surface area (TPSA) is 84.3 Å². The summed E-state index contributed by atoms with van der Waals surface area (Å²) in [6.07, 6.45) is 3.68. The van der Waals surface area contributed by atoms with Gasteiger partial charge in [-0.15, -0.1) is 0 Å². The van der Waals surface area contributed by atoms with E-state index in [9.17, 15) is 0 Å². The largest absolute Gasteiger partial charge is 0.364 e. The molecule has 0 fully saturated rings. The van der Waals surface area contributed by atoms with Crippen LogP contribution in [0.15, 0.2) is 42.7 Å². The first-order valence-electron chi connectivity index (χ1n) is 8.37. The highest BCUT2D eigenvalue weighted by Gasteiger charge is 2.16. The molecule has 3 aromatic heterocycles. The zero-order valence-corrected chi connectivity index (χ0v) is 15.2. The van der Waals surface area contributed by atoms with Crippen LogP contribution in [0.1, 0.15) is 31.0 Å². The number of nitrogens with one attached hydrogen (secondary N) is 2. The Balaban J connectivity index is 1.68. The average molecular weight is 368 g/mol. The first kappa shape index (κ1) is 16.5. The molecule has 0 aliphatic carbocycles. The Morgan fingerprint density at radius 2 is 2.04 bits per heavy atom. The lowest BCUT2D eigenvalue weighted by molar-refractivity contribution is 0.815. The summed E-state index contributed by atoms with van der Waals surface area (Å²) < 4.78 is 1.84. The molecule has 1 aromatic carbocycles. The maximum absolute atomic E-state index is 6.13. The highest BCUT2D eigenvalue weighted by atomic mass is 35.5. The molecule has 4 aromatic rings. The SMILES string of the molecule is CC(C)c1n[nH]c2c(NCc3ccccc3-n3cccn3)nc(Cl)nc12. The molecule has 0 aliphatic heterocycles. The Bertz CT molecular complexity index is 1040. The van der Waals surface area contributed by atoms with Crippen LogP contribution in [0.4, 0.5) is 5.82 Å². The number of benzene rings is 1. The van der Waals surface area contributed by atoms with Gasteiger partial charge in [0.2, 0.25) is 5.28 Å². The van der Waals surface area contributed by atoms with E-state index < -0.39 is 0 Å². The Morgan fingerprint density at radius 1 is 1.19 bits per heavy atom. The van der Waals surface area contributed by atoms with Gasteiger partial charge in [-0.2, -0.15) is 15.2 Å². The minimum atomic E-state index is 0.198. The summed E-state index contributed by atoms with van der Waals surface area (Å²) in [5, 5.41) is 15.3. The maximum atomic E-state index is 6.13. The van der Waals surface area contributed by atoms with E-state index in [0.29, 0.717) is 12.4 Å². The number of aromatic amines is 1. The number of fused-ring (bicyclic) bond motifs is 1. The lowest BCUT2D eigenvalue weighted by Gasteiger charge is -2.11. The van der Waals surface area contributed by atoms with Gasteiger partial charge in [0.15, 0.2) is 5.82 Å². The van der Waals surface area contributed by atoms with Crippen LogP contribution in [0, 0.1) is 0 Å². The van der Waals surface area contributed by atoms with E-state index >= 15 is 0 Å². The van der Waals surface area contributed by atoms with E-state index in [-0.39, 0.29) is 11.2 Å². The van der Waals surface area contributed by atoms with Gasteiger partial charge in [0.05, 0.1) is 11.4 Å². The highest BCUT2D eigenvalue weighted by molar-refractivity contribution is 6.28. The molecule has 0 saturated carbocycles. The van der Waals surface area contributed by atoms with Gasteiger partial charge in [0.1, 0.15) is 11.0 Å². The third-order valence-electron chi connectivity index (χ3n) is 4.15. The van der Waals surface area contributed by atoms with Crippen molar-refractivity contribution in [2.75, 3.05) is 5.32 Å². The number of rotatable bonds is 5. The quantitative estimate of drug-likeness (QED) is 0.522. The van der Waals surface area contributed by atoms with Gasteiger partial charge < -0.3 is 5.32 Å². The predicted octanol–water partition coefficient (Wildman–Crippen LogP) is 3.93.